The molecule has 0 radical (unpaired) electrons. The third-order valence-electron chi connectivity index (χ3n) is 2.24. The van der Waals surface area contributed by atoms with Crippen molar-refractivity contribution in [1.29, 1.82) is 0 Å². The summed E-state index contributed by atoms with van der Waals surface area (Å²) in [6.07, 6.45) is 1.49. The highest BCUT2D eigenvalue weighted by molar-refractivity contribution is 6.43. The summed E-state index contributed by atoms with van der Waals surface area (Å²) >= 11 is 11.9. The fourth-order valence-corrected chi connectivity index (χ4v) is 1.75. The zero-order chi connectivity index (χ0) is 13.1. The molecule has 0 aliphatic rings. The average Bonchev–Trinajstić information content (AvgIpc) is 2.35. The zero-order valence-electron chi connectivity index (χ0n) is 9.02. The van der Waals surface area contributed by atoms with Gasteiger partial charge in [-0.15, -0.1) is 0 Å². The Hall–Kier alpha value is -1.78. The third-order valence-corrected chi connectivity index (χ3v) is 3.06. The van der Waals surface area contributed by atoms with E-state index >= 15 is 0 Å². The highest BCUT2D eigenvalue weighted by atomic mass is 35.5. The summed E-state index contributed by atoms with van der Waals surface area (Å²) in [6.45, 7) is 0. The van der Waals surface area contributed by atoms with Crippen LogP contribution in [0.5, 0.6) is 0 Å². The van der Waals surface area contributed by atoms with Crippen LogP contribution in [0.4, 0.5) is 11.5 Å². The summed E-state index contributed by atoms with van der Waals surface area (Å²) in [7, 11) is 0. The smallest absolute Gasteiger partial charge is 0.339 e. The van der Waals surface area contributed by atoms with Gasteiger partial charge in [0.05, 0.1) is 15.7 Å². The molecule has 0 aliphatic heterocycles. The van der Waals surface area contributed by atoms with Gasteiger partial charge in [0.25, 0.3) is 0 Å². The van der Waals surface area contributed by atoms with Gasteiger partial charge < -0.3 is 10.4 Å². The van der Waals surface area contributed by atoms with Crippen molar-refractivity contribution in [2.75, 3.05) is 5.32 Å². The first-order chi connectivity index (χ1) is 8.59. The molecule has 0 aliphatic carbocycles. The molecule has 2 rings (SSSR count). The number of nitrogens with one attached hydrogen (secondary N) is 1. The number of aromatic nitrogens is 1. The molecule has 92 valence electrons. The standard InChI is InChI=1S/C12H8Cl2N2O2/c13-8-4-1-5-9(10(8)14)16-11-7(12(17)18)3-2-6-15-11/h1-6H,(H,15,16)(H,17,18). The maximum absolute atomic E-state index is 11.0. The normalized spacial score (nSPS) is 10.1. The number of carboxylic acid groups (broad SMARTS) is 1. The van der Waals surface area contributed by atoms with E-state index in [0.717, 1.165) is 0 Å². The number of rotatable bonds is 3. The first kappa shape index (κ1) is 12.7. The van der Waals surface area contributed by atoms with Crippen LogP contribution in [0, 0.1) is 0 Å². The van der Waals surface area contributed by atoms with Gasteiger partial charge in [-0.1, -0.05) is 29.3 Å². The van der Waals surface area contributed by atoms with Gasteiger partial charge in [0.15, 0.2) is 0 Å². The number of anilines is 2. The number of hydrogen-bond acceptors (Lipinski definition) is 3. The van der Waals surface area contributed by atoms with E-state index in [9.17, 15) is 4.79 Å². The summed E-state index contributed by atoms with van der Waals surface area (Å²) in [6, 6.07) is 8.05. The SMILES string of the molecule is O=C(O)c1cccnc1Nc1cccc(Cl)c1Cl. The molecule has 18 heavy (non-hydrogen) atoms. The number of carbonyl (C=O) groups is 1. The number of halogens is 2. The van der Waals surface area contributed by atoms with E-state index in [1.54, 1.807) is 24.3 Å². The molecular weight excluding hydrogens is 275 g/mol. The molecule has 0 fully saturated rings. The minimum Gasteiger partial charge on any atom is -0.478 e. The predicted octanol–water partition coefficient (Wildman–Crippen LogP) is 3.83. The molecule has 0 saturated carbocycles. The summed E-state index contributed by atoms with van der Waals surface area (Å²) < 4.78 is 0. The number of carboxylic acids is 1. The topological polar surface area (TPSA) is 62.2 Å². The van der Waals surface area contributed by atoms with Crippen LogP contribution in [0.2, 0.25) is 10.0 Å². The number of pyridine rings is 1. The number of benzene rings is 1. The van der Waals surface area contributed by atoms with Gasteiger partial charge in [0.2, 0.25) is 0 Å². The predicted molar refractivity (Wildman–Crippen MR) is 70.9 cm³/mol. The van der Waals surface area contributed by atoms with Crippen molar-refractivity contribution in [3.05, 3.63) is 52.1 Å². The Balaban J connectivity index is 2.40. The molecule has 1 aromatic heterocycles. The molecule has 0 bridgehead atoms. The van der Waals surface area contributed by atoms with Crippen LogP contribution in [0.15, 0.2) is 36.5 Å². The lowest BCUT2D eigenvalue weighted by Crippen LogP contribution is -2.04. The van der Waals surface area contributed by atoms with Crippen molar-refractivity contribution < 1.29 is 9.90 Å². The van der Waals surface area contributed by atoms with Crippen LogP contribution in [0.3, 0.4) is 0 Å². The van der Waals surface area contributed by atoms with Gasteiger partial charge in [-0.2, -0.15) is 0 Å². The first-order valence-corrected chi connectivity index (χ1v) is 5.74. The molecule has 2 aromatic rings. The van der Waals surface area contributed by atoms with Crippen molar-refractivity contribution in [2.24, 2.45) is 0 Å². The van der Waals surface area contributed by atoms with E-state index in [0.29, 0.717) is 15.7 Å². The monoisotopic (exact) mass is 282 g/mol. The molecule has 0 atom stereocenters. The van der Waals surface area contributed by atoms with Gasteiger partial charge in [0.1, 0.15) is 11.4 Å². The molecular formula is C12H8Cl2N2O2. The van der Waals surface area contributed by atoms with Crippen LogP contribution in [-0.2, 0) is 0 Å². The van der Waals surface area contributed by atoms with Crippen LogP contribution < -0.4 is 5.32 Å². The lowest BCUT2D eigenvalue weighted by Gasteiger charge is -2.10. The van der Waals surface area contributed by atoms with Crippen LogP contribution >= 0.6 is 23.2 Å². The molecule has 2 N–H and O–H groups in total. The second-order valence-electron chi connectivity index (χ2n) is 3.43. The summed E-state index contributed by atoms with van der Waals surface area (Å²) in [5.74, 6) is -0.849. The zero-order valence-corrected chi connectivity index (χ0v) is 10.5. The third kappa shape index (κ3) is 2.55. The molecule has 1 aromatic carbocycles. The minimum absolute atomic E-state index is 0.0635. The molecule has 0 saturated heterocycles. The Bertz CT molecular complexity index is 602. The Labute approximate surface area is 113 Å². The second kappa shape index (κ2) is 5.25. The Kier molecular flexibility index (Phi) is 3.69. The lowest BCUT2D eigenvalue weighted by molar-refractivity contribution is 0.0697. The van der Waals surface area contributed by atoms with E-state index in [-0.39, 0.29) is 11.4 Å². The van der Waals surface area contributed by atoms with E-state index in [2.05, 4.69) is 10.3 Å². The first-order valence-electron chi connectivity index (χ1n) is 4.99. The minimum atomic E-state index is -1.07. The van der Waals surface area contributed by atoms with Gasteiger partial charge in [-0.25, -0.2) is 9.78 Å². The van der Waals surface area contributed by atoms with E-state index < -0.39 is 5.97 Å². The van der Waals surface area contributed by atoms with E-state index in [1.807, 2.05) is 0 Å². The van der Waals surface area contributed by atoms with E-state index in [1.165, 1.54) is 12.3 Å². The van der Waals surface area contributed by atoms with Crippen molar-refractivity contribution in [2.45, 2.75) is 0 Å². The molecule has 6 heteroatoms. The fraction of sp³-hybridized carbons (Fsp3) is 0. The van der Waals surface area contributed by atoms with E-state index in [4.69, 9.17) is 28.3 Å². The number of nitrogens with zero attached hydrogens (tertiary/aromatic N) is 1. The Morgan fingerprint density at radius 3 is 2.72 bits per heavy atom. The molecule has 0 unspecified atom stereocenters. The van der Waals surface area contributed by atoms with Gasteiger partial charge in [-0.05, 0) is 24.3 Å². The maximum atomic E-state index is 11.0. The summed E-state index contributed by atoms with van der Waals surface area (Å²) in [4.78, 5) is 15.0. The highest BCUT2D eigenvalue weighted by Crippen LogP contribution is 2.31. The van der Waals surface area contributed by atoms with Crippen molar-refractivity contribution in [1.82, 2.24) is 4.98 Å². The maximum Gasteiger partial charge on any atom is 0.339 e. The molecule has 0 amide bonds. The lowest BCUT2D eigenvalue weighted by atomic mass is 10.2. The Morgan fingerprint density at radius 1 is 1.22 bits per heavy atom. The van der Waals surface area contributed by atoms with Gasteiger partial charge in [-0.3, -0.25) is 0 Å². The van der Waals surface area contributed by atoms with Crippen molar-refractivity contribution in [3.8, 4) is 0 Å². The quantitative estimate of drug-likeness (QED) is 0.898. The average molecular weight is 283 g/mol. The highest BCUT2D eigenvalue weighted by Gasteiger charge is 2.12. The molecule has 1 heterocycles. The van der Waals surface area contributed by atoms with Crippen LogP contribution in [0.25, 0.3) is 0 Å². The molecule has 4 nitrogen and oxygen atoms in total. The fourth-order valence-electron chi connectivity index (χ4n) is 1.41. The molecule has 0 spiro atoms. The number of hydrogen-bond donors (Lipinski definition) is 2. The summed E-state index contributed by atoms with van der Waals surface area (Å²) in [5.41, 5.74) is 0.568. The summed E-state index contributed by atoms with van der Waals surface area (Å²) in [5, 5.41) is 12.6. The van der Waals surface area contributed by atoms with Crippen LogP contribution in [0.1, 0.15) is 10.4 Å². The van der Waals surface area contributed by atoms with Crippen molar-refractivity contribution in [3.63, 3.8) is 0 Å². The Morgan fingerprint density at radius 2 is 2.00 bits per heavy atom. The van der Waals surface area contributed by atoms with Gasteiger partial charge in [0, 0.05) is 6.20 Å². The van der Waals surface area contributed by atoms with Crippen molar-refractivity contribution >= 4 is 40.7 Å². The van der Waals surface area contributed by atoms with Gasteiger partial charge >= 0.3 is 5.97 Å². The van der Waals surface area contributed by atoms with Crippen LogP contribution in [-0.4, -0.2) is 16.1 Å². The second-order valence-corrected chi connectivity index (χ2v) is 4.22. The largest absolute Gasteiger partial charge is 0.478 e. The number of aromatic carboxylic acids is 1.